The minimum atomic E-state index is -4.11. The number of rotatable bonds is 16. The molecule has 2 saturated heterocycles. The molecular formula is C36H45N3O12S2. The highest BCUT2D eigenvalue weighted by Gasteiger charge is 2.44. The molecule has 3 aromatic carbocycles. The molecule has 0 radical (unpaired) electrons. The number of ether oxygens (including phenoxy) is 6. The molecule has 5 atom stereocenters. The number of fused-ring (bicyclic) bond motifs is 2. The molecule has 6 rings (SSSR count). The third kappa shape index (κ3) is 10.2. The van der Waals surface area contributed by atoms with Crippen LogP contribution in [0.5, 0.6) is 23.0 Å². The summed E-state index contributed by atoms with van der Waals surface area (Å²) in [4.78, 5) is 13.3. The molecule has 17 heteroatoms. The number of sulfonamides is 2. The van der Waals surface area contributed by atoms with Crippen molar-refractivity contribution in [2.24, 2.45) is 11.8 Å². The van der Waals surface area contributed by atoms with Crippen LogP contribution in [0.3, 0.4) is 0 Å². The van der Waals surface area contributed by atoms with Gasteiger partial charge in [0.15, 0.2) is 17.8 Å². The molecule has 2 fully saturated rings. The Bertz CT molecular complexity index is 1940. The van der Waals surface area contributed by atoms with E-state index >= 15 is 0 Å². The van der Waals surface area contributed by atoms with Crippen LogP contribution in [0.25, 0.3) is 0 Å². The summed E-state index contributed by atoms with van der Waals surface area (Å²) in [7, 11) is -7.43. The first-order chi connectivity index (χ1) is 25.2. The first kappa shape index (κ1) is 38.7. The minimum absolute atomic E-state index is 0.00871. The number of carbonyl (C=O) groups excluding carboxylic acids is 1. The van der Waals surface area contributed by atoms with E-state index in [1.807, 2.05) is 13.8 Å². The molecule has 3 aliphatic rings. The predicted octanol–water partition coefficient (Wildman–Crippen LogP) is 3.36. The molecule has 0 bridgehead atoms. The van der Waals surface area contributed by atoms with Crippen LogP contribution in [0, 0.1) is 11.8 Å². The molecule has 0 spiro atoms. The van der Waals surface area contributed by atoms with Crippen LogP contribution < -0.4 is 24.2 Å². The molecule has 0 saturated carbocycles. The zero-order valence-corrected chi connectivity index (χ0v) is 31.3. The normalized spacial score (nSPS) is 20.7. The maximum absolute atomic E-state index is 14.0. The Morgan fingerprint density at radius 2 is 1.60 bits per heavy atom. The molecular weight excluding hydrogens is 731 g/mol. The van der Waals surface area contributed by atoms with E-state index in [-0.39, 0.29) is 56.2 Å². The Kier molecular flexibility index (Phi) is 12.1. The van der Waals surface area contributed by atoms with Crippen LogP contribution in [0.1, 0.15) is 31.4 Å². The van der Waals surface area contributed by atoms with Gasteiger partial charge in [0.1, 0.15) is 17.6 Å². The number of aliphatic hydroxyl groups is 1. The second kappa shape index (κ2) is 16.6. The van der Waals surface area contributed by atoms with Crippen LogP contribution in [0.15, 0.2) is 71.6 Å². The fourth-order valence-corrected chi connectivity index (χ4v) is 8.39. The van der Waals surface area contributed by atoms with Crippen molar-refractivity contribution < 1.29 is 55.2 Å². The Morgan fingerprint density at radius 1 is 0.925 bits per heavy atom. The predicted molar refractivity (Wildman–Crippen MR) is 192 cm³/mol. The van der Waals surface area contributed by atoms with Crippen molar-refractivity contribution in [3.8, 4) is 23.0 Å². The maximum atomic E-state index is 14.0. The third-order valence-electron chi connectivity index (χ3n) is 9.03. The van der Waals surface area contributed by atoms with Crippen molar-refractivity contribution in [2.45, 2.75) is 62.7 Å². The number of nitrogens with one attached hydrogen (secondary N) is 2. The van der Waals surface area contributed by atoms with Gasteiger partial charge in [-0.15, -0.1) is 0 Å². The van der Waals surface area contributed by atoms with E-state index in [0.717, 1.165) is 17.4 Å². The van der Waals surface area contributed by atoms with Gasteiger partial charge in [-0.25, -0.2) is 26.4 Å². The lowest BCUT2D eigenvalue weighted by Gasteiger charge is -2.31. The van der Waals surface area contributed by atoms with Crippen LogP contribution >= 0.6 is 0 Å². The largest absolute Gasteiger partial charge is 0.457 e. The fraction of sp³-hybridized carbons (Fsp3) is 0.472. The molecule has 0 unspecified atom stereocenters. The van der Waals surface area contributed by atoms with Crippen LogP contribution in [-0.2, 0) is 47.2 Å². The smallest absolute Gasteiger partial charge is 0.407 e. The average molecular weight is 776 g/mol. The molecule has 15 nitrogen and oxygen atoms in total. The lowest BCUT2D eigenvalue weighted by atomic mass is 10.0. The van der Waals surface area contributed by atoms with E-state index < -0.39 is 50.7 Å². The molecule has 1 amide bonds. The second-order valence-electron chi connectivity index (χ2n) is 13.7. The molecule has 288 valence electrons. The van der Waals surface area contributed by atoms with Crippen LogP contribution in [-0.4, -0.2) is 96.2 Å². The topological polar surface area (TPSA) is 188 Å². The number of carbonyl (C=O) groups is 1. The van der Waals surface area contributed by atoms with E-state index in [9.17, 15) is 26.7 Å². The Morgan fingerprint density at radius 3 is 2.28 bits per heavy atom. The Balaban J connectivity index is 1.17. The van der Waals surface area contributed by atoms with Gasteiger partial charge in [-0.1, -0.05) is 38.1 Å². The first-order valence-corrected chi connectivity index (χ1v) is 20.7. The molecule has 0 aliphatic carbocycles. The number of alkyl carbamates (subject to hydrolysis) is 1. The summed E-state index contributed by atoms with van der Waals surface area (Å²) >= 11 is 0. The van der Waals surface area contributed by atoms with Gasteiger partial charge in [0, 0.05) is 25.7 Å². The Labute approximate surface area is 309 Å². The van der Waals surface area contributed by atoms with E-state index in [4.69, 9.17) is 28.4 Å². The lowest BCUT2D eigenvalue weighted by molar-refractivity contribution is -0.0907. The van der Waals surface area contributed by atoms with E-state index in [0.29, 0.717) is 36.0 Å². The van der Waals surface area contributed by atoms with Gasteiger partial charge >= 0.3 is 6.09 Å². The number of amides is 1. The van der Waals surface area contributed by atoms with E-state index in [1.165, 1.54) is 22.5 Å². The van der Waals surface area contributed by atoms with Crippen molar-refractivity contribution in [1.29, 1.82) is 0 Å². The first-order valence-electron chi connectivity index (χ1n) is 17.3. The number of hydrogen-bond acceptors (Lipinski definition) is 12. The third-order valence-corrected chi connectivity index (χ3v) is 11.5. The van der Waals surface area contributed by atoms with Crippen LogP contribution in [0.2, 0.25) is 0 Å². The standard InChI is InChI=1S/C36H45N3O12S2/c1-23(2)19-39(53(44,45)28-12-13-32-33(17-28)49-22-48-32)20-31(40)30(38-36(41)51-34-21-47-35-29(34)14-15-46-35)16-24-4-8-26(9-5-24)50-27-10-6-25(7-11-27)18-37-52(3,42)43/h4-13,17,23,29-31,34-35,37,40H,14-16,18-22H2,1-3H3,(H,38,41)/t29-,30-,31+,34-,35+/m0/s1. The highest BCUT2D eigenvalue weighted by atomic mass is 32.2. The minimum Gasteiger partial charge on any atom is -0.457 e. The van der Waals surface area contributed by atoms with Gasteiger partial charge in [0.2, 0.25) is 26.8 Å². The molecule has 3 aromatic rings. The zero-order valence-electron chi connectivity index (χ0n) is 29.7. The highest BCUT2D eigenvalue weighted by molar-refractivity contribution is 7.89. The van der Waals surface area contributed by atoms with E-state index in [1.54, 1.807) is 48.5 Å². The molecule has 3 N–H and O–H groups in total. The monoisotopic (exact) mass is 775 g/mol. The fourth-order valence-electron chi connectivity index (χ4n) is 6.33. The summed E-state index contributed by atoms with van der Waals surface area (Å²) < 4.78 is 88.0. The van der Waals surface area contributed by atoms with Gasteiger partial charge in [-0.3, -0.25) is 0 Å². The number of aliphatic hydroxyl groups excluding tert-OH is 1. The number of nitrogens with zero attached hydrogens (tertiary/aromatic N) is 1. The zero-order chi connectivity index (χ0) is 37.8. The molecule has 0 aromatic heterocycles. The highest BCUT2D eigenvalue weighted by Crippen LogP contribution is 2.35. The van der Waals surface area contributed by atoms with Gasteiger partial charge in [0.25, 0.3) is 0 Å². The summed E-state index contributed by atoms with van der Waals surface area (Å²) in [5.41, 5.74) is 1.49. The molecule has 53 heavy (non-hydrogen) atoms. The molecule has 3 heterocycles. The van der Waals surface area contributed by atoms with Crippen molar-refractivity contribution in [2.75, 3.05) is 39.4 Å². The second-order valence-corrected chi connectivity index (χ2v) is 17.5. The van der Waals surface area contributed by atoms with Crippen molar-refractivity contribution >= 4 is 26.1 Å². The van der Waals surface area contributed by atoms with Crippen molar-refractivity contribution in [3.63, 3.8) is 0 Å². The van der Waals surface area contributed by atoms with Gasteiger partial charge in [-0.05, 0) is 66.3 Å². The summed E-state index contributed by atoms with van der Waals surface area (Å²) in [5.74, 6) is 1.64. The number of benzene rings is 3. The van der Waals surface area contributed by atoms with Gasteiger partial charge in [0.05, 0.1) is 42.4 Å². The Hall–Kier alpha value is -3.97. The summed E-state index contributed by atoms with van der Waals surface area (Å²) in [6.45, 7) is 4.39. The quantitative estimate of drug-likeness (QED) is 0.193. The van der Waals surface area contributed by atoms with Gasteiger partial charge < -0.3 is 38.8 Å². The number of hydrogen-bond donors (Lipinski definition) is 3. The molecule has 3 aliphatic heterocycles. The maximum Gasteiger partial charge on any atom is 0.407 e. The summed E-state index contributed by atoms with van der Waals surface area (Å²) in [6.07, 6.45) is -1.14. The summed E-state index contributed by atoms with van der Waals surface area (Å²) in [5, 5.41) is 14.5. The average Bonchev–Trinajstić information content (AvgIpc) is 3.86. The SMILES string of the molecule is CC(C)CN(C[C@@H](O)[C@H](Cc1ccc(Oc2ccc(CNS(C)(=O)=O)cc2)cc1)NC(=O)O[C@H]1CO[C@H]2OCC[C@H]21)S(=O)(=O)c1ccc2c(c1)OCO2. The van der Waals surface area contributed by atoms with Crippen molar-refractivity contribution in [3.05, 3.63) is 77.9 Å². The van der Waals surface area contributed by atoms with E-state index in [2.05, 4.69) is 10.0 Å². The van der Waals surface area contributed by atoms with Gasteiger partial charge in [-0.2, -0.15) is 4.31 Å². The summed E-state index contributed by atoms with van der Waals surface area (Å²) in [6, 6.07) is 17.4. The van der Waals surface area contributed by atoms with Crippen molar-refractivity contribution in [1.82, 2.24) is 14.3 Å². The van der Waals surface area contributed by atoms with Crippen LogP contribution in [0.4, 0.5) is 4.79 Å². The lowest BCUT2D eigenvalue weighted by Crippen LogP contribution is -2.51.